The summed E-state index contributed by atoms with van der Waals surface area (Å²) in [5, 5.41) is 2.90. The van der Waals surface area contributed by atoms with Gasteiger partial charge >= 0.3 is 0 Å². The van der Waals surface area contributed by atoms with Crippen LogP contribution in [0, 0.1) is 11.8 Å². The third-order valence-electron chi connectivity index (χ3n) is 2.85. The first kappa shape index (κ1) is 12.5. The second-order valence-corrected chi connectivity index (χ2v) is 4.71. The van der Waals surface area contributed by atoms with Crippen LogP contribution < -0.4 is 5.32 Å². The summed E-state index contributed by atoms with van der Waals surface area (Å²) >= 11 is 0. The Hall–Kier alpha value is -0.570. The van der Waals surface area contributed by atoms with Gasteiger partial charge in [-0.2, -0.15) is 0 Å². The minimum Gasteiger partial charge on any atom is -0.381 e. The van der Waals surface area contributed by atoms with Crippen LogP contribution in [0.1, 0.15) is 39.5 Å². The molecule has 0 spiro atoms. The van der Waals surface area contributed by atoms with E-state index < -0.39 is 0 Å². The fourth-order valence-electron chi connectivity index (χ4n) is 1.76. The van der Waals surface area contributed by atoms with Gasteiger partial charge in [-0.25, -0.2) is 0 Å². The minimum atomic E-state index is 0.192. The topological polar surface area (TPSA) is 38.3 Å². The van der Waals surface area contributed by atoms with E-state index in [4.69, 9.17) is 4.74 Å². The number of piperidine rings is 1. The molecule has 0 aromatic rings. The standard InChI is InChI=1S/C12H23NO2/c1-10(2)5-8-15-9-6-11-4-3-7-13-12(11)14/h10-11H,3-9H2,1-2H3,(H,13,14). The molecule has 3 nitrogen and oxygen atoms in total. The Labute approximate surface area is 92.6 Å². The maximum atomic E-state index is 11.4. The molecule has 1 aliphatic rings. The van der Waals surface area contributed by atoms with Crippen LogP contribution in [0.3, 0.4) is 0 Å². The summed E-state index contributed by atoms with van der Waals surface area (Å²) in [5.41, 5.74) is 0. The van der Waals surface area contributed by atoms with E-state index in [1.54, 1.807) is 0 Å². The lowest BCUT2D eigenvalue weighted by Crippen LogP contribution is -2.36. The maximum absolute atomic E-state index is 11.4. The Morgan fingerprint density at radius 3 is 2.93 bits per heavy atom. The Morgan fingerprint density at radius 2 is 2.27 bits per heavy atom. The van der Waals surface area contributed by atoms with Gasteiger partial charge in [0.2, 0.25) is 5.91 Å². The van der Waals surface area contributed by atoms with Crippen LogP contribution in [-0.2, 0) is 9.53 Å². The van der Waals surface area contributed by atoms with Crippen LogP contribution in [0.4, 0.5) is 0 Å². The quantitative estimate of drug-likeness (QED) is 0.685. The average Bonchev–Trinajstić information content (AvgIpc) is 2.20. The van der Waals surface area contributed by atoms with Crippen molar-refractivity contribution in [2.45, 2.75) is 39.5 Å². The highest BCUT2D eigenvalue weighted by Crippen LogP contribution is 2.15. The van der Waals surface area contributed by atoms with Crippen LogP contribution in [0.2, 0.25) is 0 Å². The molecule has 1 N–H and O–H groups in total. The van der Waals surface area contributed by atoms with Crippen LogP contribution in [0.25, 0.3) is 0 Å². The zero-order chi connectivity index (χ0) is 11.1. The molecule has 1 heterocycles. The largest absolute Gasteiger partial charge is 0.381 e. The second-order valence-electron chi connectivity index (χ2n) is 4.71. The number of ether oxygens (including phenoxy) is 1. The number of carbonyl (C=O) groups excluding carboxylic acids is 1. The first-order valence-corrected chi connectivity index (χ1v) is 6.05. The van der Waals surface area contributed by atoms with Crippen molar-refractivity contribution in [1.82, 2.24) is 5.32 Å². The molecule has 1 atom stereocenters. The van der Waals surface area contributed by atoms with Crippen molar-refractivity contribution in [2.24, 2.45) is 11.8 Å². The Balaban J connectivity index is 2.01. The summed E-state index contributed by atoms with van der Waals surface area (Å²) < 4.78 is 5.52. The van der Waals surface area contributed by atoms with Gasteiger partial charge in [-0.05, 0) is 31.6 Å². The second kappa shape index (κ2) is 6.83. The third-order valence-corrected chi connectivity index (χ3v) is 2.85. The molecule has 0 radical (unpaired) electrons. The molecule has 3 heteroatoms. The van der Waals surface area contributed by atoms with Gasteiger partial charge in [0.1, 0.15) is 0 Å². The van der Waals surface area contributed by atoms with Crippen LogP contribution in [0.5, 0.6) is 0 Å². The number of hydrogen-bond donors (Lipinski definition) is 1. The molecule has 1 unspecified atom stereocenters. The molecule has 1 rings (SSSR count). The summed E-state index contributed by atoms with van der Waals surface area (Å²) in [5.74, 6) is 1.11. The SMILES string of the molecule is CC(C)CCOCCC1CCCNC1=O. The molecule has 1 saturated heterocycles. The lowest BCUT2D eigenvalue weighted by atomic mass is 9.96. The zero-order valence-electron chi connectivity index (χ0n) is 9.92. The number of nitrogens with one attached hydrogen (secondary N) is 1. The summed E-state index contributed by atoms with van der Waals surface area (Å²) in [6.07, 6.45) is 4.13. The van der Waals surface area contributed by atoms with Gasteiger partial charge in [0.25, 0.3) is 0 Å². The van der Waals surface area contributed by atoms with Crippen molar-refractivity contribution in [3.05, 3.63) is 0 Å². The first-order chi connectivity index (χ1) is 7.20. The summed E-state index contributed by atoms with van der Waals surface area (Å²) in [6, 6.07) is 0. The summed E-state index contributed by atoms with van der Waals surface area (Å²) in [4.78, 5) is 11.4. The predicted molar refractivity (Wildman–Crippen MR) is 60.6 cm³/mol. The Kier molecular flexibility index (Phi) is 5.69. The van der Waals surface area contributed by atoms with Gasteiger partial charge in [-0.1, -0.05) is 13.8 Å². The van der Waals surface area contributed by atoms with Gasteiger partial charge < -0.3 is 10.1 Å². The number of hydrogen-bond acceptors (Lipinski definition) is 2. The van der Waals surface area contributed by atoms with Gasteiger partial charge in [-0.15, -0.1) is 0 Å². The van der Waals surface area contributed by atoms with E-state index in [1.807, 2.05) is 0 Å². The molecule has 1 aliphatic heterocycles. The molecular formula is C12H23NO2. The monoisotopic (exact) mass is 213 g/mol. The van der Waals surface area contributed by atoms with Gasteiger partial charge in [0, 0.05) is 25.7 Å². The molecule has 0 aromatic carbocycles. The van der Waals surface area contributed by atoms with Crippen LogP contribution in [-0.4, -0.2) is 25.7 Å². The molecule has 0 bridgehead atoms. The molecule has 0 aromatic heterocycles. The van der Waals surface area contributed by atoms with Crippen molar-refractivity contribution >= 4 is 5.91 Å². The highest BCUT2D eigenvalue weighted by Gasteiger charge is 2.21. The molecule has 15 heavy (non-hydrogen) atoms. The third kappa shape index (κ3) is 5.17. The molecular weight excluding hydrogens is 190 g/mol. The van der Waals surface area contributed by atoms with Crippen molar-refractivity contribution in [3.63, 3.8) is 0 Å². The van der Waals surface area contributed by atoms with Crippen LogP contribution >= 0.6 is 0 Å². The fraction of sp³-hybridized carbons (Fsp3) is 0.917. The van der Waals surface area contributed by atoms with E-state index in [2.05, 4.69) is 19.2 Å². The van der Waals surface area contributed by atoms with E-state index >= 15 is 0 Å². The summed E-state index contributed by atoms with van der Waals surface area (Å²) in [7, 11) is 0. The Morgan fingerprint density at radius 1 is 1.47 bits per heavy atom. The number of rotatable bonds is 6. The van der Waals surface area contributed by atoms with Crippen molar-refractivity contribution in [2.75, 3.05) is 19.8 Å². The van der Waals surface area contributed by atoms with E-state index in [0.29, 0.717) is 5.92 Å². The highest BCUT2D eigenvalue weighted by molar-refractivity contribution is 5.79. The van der Waals surface area contributed by atoms with E-state index in [9.17, 15) is 4.79 Å². The van der Waals surface area contributed by atoms with Crippen molar-refractivity contribution < 1.29 is 9.53 Å². The lowest BCUT2D eigenvalue weighted by Gasteiger charge is -2.21. The van der Waals surface area contributed by atoms with Gasteiger partial charge in [-0.3, -0.25) is 4.79 Å². The first-order valence-electron chi connectivity index (χ1n) is 6.05. The van der Waals surface area contributed by atoms with Gasteiger partial charge in [0.15, 0.2) is 0 Å². The summed E-state index contributed by atoms with van der Waals surface area (Å²) in [6.45, 7) is 6.79. The van der Waals surface area contributed by atoms with E-state index in [-0.39, 0.29) is 11.8 Å². The molecule has 0 saturated carbocycles. The smallest absolute Gasteiger partial charge is 0.223 e. The lowest BCUT2D eigenvalue weighted by molar-refractivity contribution is -0.127. The minimum absolute atomic E-state index is 0.192. The predicted octanol–water partition coefficient (Wildman–Crippen LogP) is 1.97. The fourth-order valence-corrected chi connectivity index (χ4v) is 1.76. The average molecular weight is 213 g/mol. The Bertz CT molecular complexity index is 192. The molecule has 88 valence electrons. The normalized spacial score (nSPS) is 21.8. The highest BCUT2D eigenvalue weighted by atomic mass is 16.5. The van der Waals surface area contributed by atoms with E-state index in [0.717, 1.165) is 45.4 Å². The van der Waals surface area contributed by atoms with Crippen molar-refractivity contribution in [3.8, 4) is 0 Å². The number of carbonyl (C=O) groups is 1. The van der Waals surface area contributed by atoms with Crippen molar-refractivity contribution in [1.29, 1.82) is 0 Å². The van der Waals surface area contributed by atoms with Gasteiger partial charge in [0.05, 0.1) is 0 Å². The molecule has 1 fully saturated rings. The van der Waals surface area contributed by atoms with Crippen LogP contribution in [0.15, 0.2) is 0 Å². The molecule has 0 aliphatic carbocycles. The molecule has 1 amide bonds. The van der Waals surface area contributed by atoms with E-state index in [1.165, 1.54) is 0 Å². The number of amides is 1. The zero-order valence-corrected chi connectivity index (χ0v) is 9.92. The maximum Gasteiger partial charge on any atom is 0.223 e.